The van der Waals surface area contributed by atoms with Crippen molar-refractivity contribution in [3.8, 4) is 6.07 Å². The largest absolute Gasteiger partial charge is 0.371 e. The number of anilines is 1. The first-order chi connectivity index (χ1) is 7.74. The first-order valence-electron chi connectivity index (χ1n) is 5.69. The van der Waals surface area contributed by atoms with Gasteiger partial charge in [0.25, 0.3) is 0 Å². The SMILES string of the molecule is CCCC1CN(c2ccc(F)c(C#N)c2)C1. The summed E-state index contributed by atoms with van der Waals surface area (Å²) in [5, 5.41) is 8.74. The molecule has 1 fully saturated rings. The molecule has 1 heterocycles. The van der Waals surface area contributed by atoms with E-state index in [1.54, 1.807) is 12.1 Å². The minimum atomic E-state index is -0.433. The number of hydrogen-bond acceptors (Lipinski definition) is 2. The smallest absolute Gasteiger partial charge is 0.141 e. The monoisotopic (exact) mass is 218 g/mol. The molecule has 3 heteroatoms. The minimum absolute atomic E-state index is 0.136. The lowest BCUT2D eigenvalue weighted by atomic mass is 9.94. The molecule has 0 aromatic heterocycles. The fraction of sp³-hybridized carbons (Fsp3) is 0.462. The molecule has 1 aliphatic rings. The topological polar surface area (TPSA) is 27.0 Å². The van der Waals surface area contributed by atoms with Crippen molar-refractivity contribution in [1.82, 2.24) is 0 Å². The number of benzene rings is 1. The van der Waals surface area contributed by atoms with E-state index in [1.807, 2.05) is 6.07 Å². The molecule has 1 saturated heterocycles. The van der Waals surface area contributed by atoms with Crippen LogP contribution in [0.4, 0.5) is 10.1 Å². The van der Waals surface area contributed by atoms with Crippen LogP contribution in [0.15, 0.2) is 18.2 Å². The van der Waals surface area contributed by atoms with Crippen LogP contribution >= 0.6 is 0 Å². The number of nitrogens with zero attached hydrogens (tertiary/aromatic N) is 2. The average molecular weight is 218 g/mol. The summed E-state index contributed by atoms with van der Waals surface area (Å²) in [6.45, 7) is 4.25. The number of hydrogen-bond donors (Lipinski definition) is 0. The van der Waals surface area contributed by atoms with Crippen LogP contribution in [-0.4, -0.2) is 13.1 Å². The summed E-state index contributed by atoms with van der Waals surface area (Å²) in [4.78, 5) is 2.20. The van der Waals surface area contributed by atoms with E-state index >= 15 is 0 Å². The molecule has 0 unspecified atom stereocenters. The van der Waals surface area contributed by atoms with Gasteiger partial charge in [0.1, 0.15) is 11.9 Å². The third-order valence-electron chi connectivity index (χ3n) is 3.09. The average Bonchev–Trinajstić information content (AvgIpc) is 2.24. The Bertz CT molecular complexity index is 416. The van der Waals surface area contributed by atoms with Gasteiger partial charge in [0.05, 0.1) is 5.56 Å². The predicted molar refractivity (Wildman–Crippen MR) is 61.7 cm³/mol. The fourth-order valence-corrected chi connectivity index (χ4v) is 2.17. The zero-order valence-corrected chi connectivity index (χ0v) is 9.41. The first-order valence-corrected chi connectivity index (χ1v) is 5.69. The molecular weight excluding hydrogens is 203 g/mol. The summed E-state index contributed by atoms with van der Waals surface area (Å²) < 4.78 is 13.1. The molecule has 84 valence electrons. The molecule has 1 aliphatic heterocycles. The van der Waals surface area contributed by atoms with Crippen molar-refractivity contribution in [2.75, 3.05) is 18.0 Å². The molecule has 0 radical (unpaired) electrons. The van der Waals surface area contributed by atoms with Crippen LogP contribution in [-0.2, 0) is 0 Å². The second-order valence-electron chi connectivity index (χ2n) is 4.34. The molecule has 2 nitrogen and oxygen atoms in total. The fourth-order valence-electron chi connectivity index (χ4n) is 2.17. The Morgan fingerprint density at radius 1 is 1.50 bits per heavy atom. The highest BCUT2D eigenvalue weighted by atomic mass is 19.1. The van der Waals surface area contributed by atoms with E-state index < -0.39 is 5.82 Å². The first kappa shape index (κ1) is 10.9. The van der Waals surface area contributed by atoms with Gasteiger partial charge in [0.2, 0.25) is 0 Å². The molecule has 1 aromatic rings. The highest BCUT2D eigenvalue weighted by molar-refractivity contribution is 5.53. The van der Waals surface area contributed by atoms with E-state index in [4.69, 9.17) is 5.26 Å². The van der Waals surface area contributed by atoms with Gasteiger partial charge in [0, 0.05) is 18.8 Å². The maximum atomic E-state index is 13.1. The third kappa shape index (κ3) is 2.01. The van der Waals surface area contributed by atoms with E-state index in [9.17, 15) is 4.39 Å². The van der Waals surface area contributed by atoms with E-state index in [1.165, 1.54) is 18.9 Å². The van der Waals surface area contributed by atoms with E-state index in [0.29, 0.717) is 0 Å². The van der Waals surface area contributed by atoms with Gasteiger partial charge in [-0.3, -0.25) is 0 Å². The Kier molecular flexibility index (Phi) is 3.09. The Labute approximate surface area is 95.3 Å². The van der Waals surface area contributed by atoms with Crippen LogP contribution in [0.1, 0.15) is 25.3 Å². The third-order valence-corrected chi connectivity index (χ3v) is 3.09. The molecule has 1 aromatic carbocycles. The molecule has 2 rings (SSSR count). The predicted octanol–water partition coefficient (Wildman–Crippen LogP) is 2.93. The maximum Gasteiger partial charge on any atom is 0.141 e. The summed E-state index contributed by atoms with van der Waals surface area (Å²) in [7, 11) is 0. The highest BCUT2D eigenvalue weighted by Crippen LogP contribution is 2.28. The van der Waals surface area contributed by atoms with Crippen LogP contribution in [0, 0.1) is 23.1 Å². The second kappa shape index (κ2) is 4.52. The van der Waals surface area contributed by atoms with Crippen LogP contribution in [0.2, 0.25) is 0 Å². The number of rotatable bonds is 3. The second-order valence-corrected chi connectivity index (χ2v) is 4.34. The van der Waals surface area contributed by atoms with Crippen molar-refractivity contribution in [2.45, 2.75) is 19.8 Å². The lowest BCUT2D eigenvalue weighted by molar-refractivity contribution is 0.380. The Morgan fingerprint density at radius 2 is 2.25 bits per heavy atom. The Balaban J connectivity index is 2.04. The number of nitriles is 1. The van der Waals surface area contributed by atoms with Crippen LogP contribution < -0.4 is 4.90 Å². The van der Waals surface area contributed by atoms with Crippen molar-refractivity contribution in [3.63, 3.8) is 0 Å². The molecule has 0 N–H and O–H groups in total. The van der Waals surface area contributed by atoms with Crippen molar-refractivity contribution >= 4 is 5.69 Å². The normalized spacial score (nSPS) is 15.7. The molecule has 0 amide bonds. The minimum Gasteiger partial charge on any atom is -0.371 e. The zero-order valence-electron chi connectivity index (χ0n) is 9.41. The number of halogens is 1. The zero-order chi connectivity index (χ0) is 11.5. The summed E-state index contributed by atoms with van der Waals surface area (Å²) in [5.41, 5.74) is 1.10. The van der Waals surface area contributed by atoms with Crippen molar-refractivity contribution in [3.05, 3.63) is 29.6 Å². The van der Waals surface area contributed by atoms with Gasteiger partial charge in [0.15, 0.2) is 0 Å². The molecule has 0 atom stereocenters. The van der Waals surface area contributed by atoms with Crippen molar-refractivity contribution < 1.29 is 4.39 Å². The molecular formula is C13H15FN2. The van der Waals surface area contributed by atoms with Crippen LogP contribution in [0.25, 0.3) is 0 Å². The molecule has 0 bridgehead atoms. The summed E-state index contributed by atoms with van der Waals surface area (Å²) in [5.74, 6) is 0.331. The van der Waals surface area contributed by atoms with E-state index in [0.717, 1.165) is 24.7 Å². The van der Waals surface area contributed by atoms with Crippen molar-refractivity contribution in [1.29, 1.82) is 5.26 Å². The molecule has 0 spiro atoms. The van der Waals surface area contributed by atoms with Crippen molar-refractivity contribution in [2.24, 2.45) is 5.92 Å². The summed E-state index contributed by atoms with van der Waals surface area (Å²) in [6, 6.07) is 6.63. The van der Waals surface area contributed by atoms with Gasteiger partial charge < -0.3 is 4.90 Å². The quantitative estimate of drug-likeness (QED) is 0.780. The van der Waals surface area contributed by atoms with Gasteiger partial charge in [-0.1, -0.05) is 13.3 Å². The molecule has 0 aliphatic carbocycles. The molecule has 16 heavy (non-hydrogen) atoms. The lowest BCUT2D eigenvalue weighted by Crippen LogP contribution is -2.46. The van der Waals surface area contributed by atoms with Gasteiger partial charge >= 0.3 is 0 Å². The van der Waals surface area contributed by atoms with Gasteiger partial charge in [-0.2, -0.15) is 5.26 Å². The maximum absolute atomic E-state index is 13.1. The van der Waals surface area contributed by atoms with Crippen LogP contribution in [0.5, 0.6) is 0 Å². The lowest BCUT2D eigenvalue weighted by Gasteiger charge is -2.41. The standard InChI is InChI=1S/C13H15FN2/c1-2-3-10-8-16(9-10)12-4-5-13(14)11(6-12)7-15/h4-6,10H,2-3,8-9H2,1H3. The van der Waals surface area contributed by atoms with E-state index in [2.05, 4.69) is 11.8 Å². The Morgan fingerprint density at radius 3 is 2.88 bits per heavy atom. The highest BCUT2D eigenvalue weighted by Gasteiger charge is 2.26. The summed E-state index contributed by atoms with van der Waals surface area (Å²) >= 11 is 0. The Hall–Kier alpha value is -1.56. The van der Waals surface area contributed by atoms with Gasteiger partial charge in [-0.05, 0) is 30.5 Å². The van der Waals surface area contributed by atoms with Crippen LogP contribution in [0.3, 0.4) is 0 Å². The van der Waals surface area contributed by atoms with E-state index in [-0.39, 0.29) is 5.56 Å². The van der Waals surface area contributed by atoms with Gasteiger partial charge in [-0.15, -0.1) is 0 Å². The van der Waals surface area contributed by atoms with Gasteiger partial charge in [-0.25, -0.2) is 4.39 Å². The summed E-state index contributed by atoms with van der Waals surface area (Å²) in [6.07, 6.45) is 2.47. The molecule has 0 saturated carbocycles.